The van der Waals surface area contributed by atoms with Gasteiger partial charge >= 0.3 is 5.97 Å². The molecule has 0 radical (unpaired) electrons. The van der Waals surface area contributed by atoms with Crippen molar-refractivity contribution in [2.24, 2.45) is 11.8 Å². The number of rotatable bonds is 7. The Kier molecular flexibility index (Phi) is 4.47. The minimum atomic E-state index is -3.34. The standard InChI is InChI=1S/C9H16N2O5S/c1-2-11-17(15,16)4-3-10-8(12)6-5-7(6)9(13)14/h6-7,11H,2-5H2,1H3,(H,10,12)(H,13,14)/t6-,7+/m1/s1. The summed E-state index contributed by atoms with van der Waals surface area (Å²) in [6.45, 7) is 1.97. The number of carbonyl (C=O) groups is 2. The maximum absolute atomic E-state index is 11.4. The molecule has 0 aromatic rings. The first-order valence-electron chi connectivity index (χ1n) is 5.35. The molecule has 0 heterocycles. The van der Waals surface area contributed by atoms with Gasteiger partial charge in [-0.2, -0.15) is 0 Å². The van der Waals surface area contributed by atoms with Gasteiger partial charge in [-0.15, -0.1) is 0 Å². The molecular formula is C9H16N2O5S. The molecule has 0 saturated heterocycles. The van der Waals surface area contributed by atoms with Crippen molar-refractivity contribution in [2.45, 2.75) is 13.3 Å². The molecule has 2 atom stereocenters. The molecule has 0 bridgehead atoms. The van der Waals surface area contributed by atoms with Gasteiger partial charge in [0.05, 0.1) is 17.6 Å². The van der Waals surface area contributed by atoms with Gasteiger partial charge in [0, 0.05) is 13.1 Å². The molecule has 1 aliphatic rings. The number of carboxylic acid groups (broad SMARTS) is 1. The first-order valence-corrected chi connectivity index (χ1v) is 7.00. The van der Waals surface area contributed by atoms with Crippen LogP contribution in [-0.2, 0) is 19.6 Å². The SMILES string of the molecule is CCNS(=O)(=O)CCNC(=O)[C@@H]1C[C@@H]1C(=O)O. The average Bonchev–Trinajstić information content (AvgIpc) is 2.96. The first-order chi connectivity index (χ1) is 7.87. The Bertz CT molecular complexity index is 406. The van der Waals surface area contributed by atoms with E-state index in [1.807, 2.05) is 0 Å². The molecular weight excluding hydrogens is 248 g/mol. The summed E-state index contributed by atoms with van der Waals surface area (Å²) in [5, 5.41) is 11.0. The van der Waals surface area contributed by atoms with Crippen LogP contribution < -0.4 is 10.0 Å². The van der Waals surface area contributed by atoms with Gasteiger partial charge < -0.3 is 10.4 Å². The fourth-order valence-corrected chi connectivity index (χ4v) is 2.44. The van der Waals surface area contributed by atoms with Gasteiger partial charge in [-0.05, 0) is 6.42 Å². The van der Waals surface area contributed by atoms with E-state index in [-0.39, 0.29) is 18.2 Å². The summed E-state index contributed by atoms with van der Waals surface area (Å²) in [4.78, 5) is 21.9. The smallest absolute Gasteiger partial charge is 0.307 e. The lowest BCUT2D eigenvalue weighted by Gasteiger charge is -2.05. The van der Waals surface area contributed by atoms with Gasteiger partial charge in [-0.3, -0.25) is 9.59 Å². The molecule has 0 unspecified atom stereocenters. The number of hydrogen-bond donors (Lipinski definition) is 3. The normalized spacial score (nSPS) is 23.1. The van der Waals surface area contributed by atoms with E-state index in [2.05, 4.69) is 10.0 Å². The van der Waals surface area contributed by atoms with Gasteiger partial charge in [0.15, 0.2) is 0 Å². The van der Waals surface area contributed by atoms with Crippen molar-refractivity contribution in [3.63, 3.8) is 0 Å². The Labute approximate surface area is 99.6 Å². The molecule has 3 N–H and O–H groups in total. The van der Waals surface area contributed by atoms with Crippen molar-refractivity contribution in [3.8, 4) is 0 Å². The Hall–Kier alpha value is -1.15. The molecule has 98 valence electrons. The number of aliphatic carboxylic acids is 1. The Morgan fingerprint density at radius 3 is 2.47 bits per heavy atom. The van der Waals surface area contributed by atoms with E-state index < -0.39 is 27.8 Å². The van der Waals surface area contributed by atoms with Crippen LogP contribution in [0.15, 0.2) is 0 Å². The van der Waals surface area contributed by atoms with Gasteiger partial charge in [0.1, 0.15) is 0 Å². The van der Waals surface area contributed by atoms with Crippen molar-refractivity contribution in [2.75, 3.05) is 18.8 Å². The number of carbonyl (C=O) groups excluding carboxylic acids is 1. The first kappa shape index (κ1) is 13.9. The van der Waals surface area contributed by atoms with E-state index in [9.17, 15) is 18.0 Å². The van der Waals surface area contributed by atoms with Crippen molar-refractivity contribution >= 4 is 21.9 Å². The zero-order valence-corrected chi connectivity index (χ0v) is 10.3. The lowest BCUT2D eigenvalue weighted by atomic mass is 10.3. The number of sulfonamides is 1. The molecule has 0 aromatic carbocycles. The molecule has 1 fully saturated rings. The van der Waals surface area contributed by atoms with Gasteiger partial charge in [0.25, 0.3) is 0 Å². The third-order valence-electron chi connectivity index (χ3n) is 2.48. The minimum Gasteiger partial charge on any atom is -0.481 e. The zero-order valence-electron chi connectivity index (χ0n) is 9.47. The van der Waals surface area contributed by atoms with Crippen LogP contribution in [0.2, 0.25) is 0 Å². The van der Waals surface area contributed by atoms with E-state index in [1.165, 1.54) is 0 Å². The van der Waals surface area contributed by atoms with Gasteiger partial charge in [-0.1, -0.05) is 6.92 Å². The summed E-state index contributed by atoms with van der Waals surface area (Å²) >= 11 is 0. The average molecular weight is 264 g/mol. The fraction of sp³-hybridized carbons (Fsp3) is 0.778. The predicted molar refractivity (Wildman–Crippen MR) is 59.7 cm³/mol. The summed E-state index contributed by atoms with van der Waals surface area (Å²) in [6.07, 6.45) is 0.334. The number of hydrogen-bond acceptors (Lipinski definition) is 4. The van der Waals surface area contributed by atoms with Gasteiger partial charge in [-0.25, -0.2) is 13.1 Å². The molecule has 0 aliphatic heterocycles. The van der Waals surface area contributed by atoms with Crippen LogP contribution >= 0.6 is 0 Å². The molecule has 1 saturated carbocycles. The quantitative estimate of drug-likeness (QED) is 0.532. The highest BCUT2D eigenvalue weighted by molar-refractivity contribution is 7.89. The molecule has 8 heteroatoms. The predicted octanol–water partition coefficient (Wildman–Crippen LogP) is -1.24. The number of amides is 1. The van der Waals surface area contributed by atoms with E-state index >= 15 is 0 Å². The Morgan fingerprint density at radius 2 is 2.00 bits per heavy atom. The van der Waals surface area contributed by atoms with Crippen LogP contribution in [0.25, 0.3) is 0 Å². The second-order valence-electron chi connectivity index (χ2n) is 3.89. The topological polar surface area (TPSA) is 113 Å². The van der Waals surface area contributed by atoms with E-state index in [0.717, 1.165) is 0 Å². The molecule has 0 spiro atoms. The number of carboxylic acids is 1. The van der Waals surface area contributed by atoms with E-state index in [1.54, 1.807) is 6.92 Å². The molecule has 1 amide bonds. The summed E-state index contributed by atoms with van der Waals surface area (Å²) in [6, 6.07) is 0. The zero-order chi connectivity index (χ0) is 13.1. The highest BCUT2D eigenvalue weighted by atomic mass is 32.2. The summed E-state index contributed by atoms with van der Waals surface area (Å²) in [5.74, 6) is -2.68. The van der Waals surface area contributed by atoms with E-state index in [4.69, 9.17) is 5.11 Å². The van der Waals surface area contributed by atoms with Crippen molar-refractivity contribution in [1.82, 2.24) is 10.0 Å². The molecule has 0 aromatic heterocycles. The van der Waals surface area contributed by atoms with Crippen LogP contribution in [0, 0.1) is 11.8 Å². The molecule has 7 nitrogen and oxygen atoms in total. The summed E-state index contributed by atoms with van der Waals surface area (Å²) < 4.78 is 24.7. The van der Waals surface area contributed by atoms with Crippen LogP contribution in [-0.4, -0.2) is 44.2 Å². The van der Waals surface area contributed by atoms with E-state index in [0.29, 0.717) is 13.0 Å². The molecule has 17 heavy (non-hydrogen) atoms. The monoisotopic (exact) mass is 264 g/mol. The maximum Gasteiger partial charge on any atom is 0.307 e. The number of nitrogens with one attached hydrogen (secondary N) is 2. The van der Waals surface area contributed by atoms with Crippen LogP contribution in [0.4, 0.5) is 0 Å². The van der Waals surface area contributed by atoms with Crippen molar-refractivity contribution in [3.05, 3.63) is 0 Å². The summed E-state index contributed by atoms with van der Waals surface area (Å²) in [7, 11) is -3.34. The van der Waals surface area contributed by atoms with Gasteiger partial charge in [0.2, 0.25) is 15.9 Å². The summed E-state index contributed by atoms with van der Waals surface area (Å²) in [5.41, 5.74) is 0. The lowest BCUT2D eigenvalue weighted by Crippen LogP contribution is -2.35. The second-order valence-corrected chi connectivity index (χ2v) is 5.82. The van der Waals surface area contributed by atoms with Crippen LogP contribution in [0.1, 0.15) is 13.3 Å². The third-order valence-corrected chi connectivity index (χ3v) is 3.95. The molecule has 1 aliphatic carbocycles. The van der Waals surface area contributed by atoms with Crippen LogP contribution in [0.3, 0.4) is 0 Å². The van der Waals surface area contributed by atoms with Crippen molar-refractivity contribution in [1.29, 1.82) is 0 Å². The fourth-order valence-electron chi connectivity index (χ4n) is 1.49. The highest BCUT2D eigenvalue weighted by Crippen LogP contribution is 2.38. The highest BCUT2D eigenvalue weighted by Gasteiger charge is 2.48. The second kappa shape index (κ2) is 5.46. The molecule has 1 rings (SSSR count). The third kappa shape index (κ3) is 4.31. The van der Waals surface area contributed by atoms with Crippen LogP contribution in [0.5, 0.6) is 0 Å². The van der Waals surface area contributed by atoms with Crippen molar-refractivity contribution < 1.29 is 23.1 Å². The largest absolute Gasteiger partial charge is 0.481 e. The Morgan fingerprint density at radius 1 is 1.35 bits per heavy atom. The minimum absolute atomic E-state index is 0.00297. The maximum atomic E-state index is 11.4. The Balaban J connectivity index is 2.24. The lowest BCUT2D eigenvalue weighted by molar-refractivity contribution is -0.140.